The van der Waals surface area contributed by atoms with Crippen LogP contribution in [0.4, 0.5) is 0 Å². The quantitative estimate of drug-likeness (QED) is 0.552. The predicted octanol–water partition coefficient (Wildman–Crippen LogP) is 3.82. The molecular weight excluding hydrogens is 378 g/mol. The number of carbonyl (C=O) groups is 2. The zero-order valence-electron chi connectivity index (χ0n) is 16.9. The van der Waals surface area contributed by atoms with Crippen LogP contribution in [0.25, 0.3) is 0 Å². The van der Waals surface area contributed by atoms with Crippen LogP contribution in [-0.4, -0.2) is 31.6 Å². The first-order valence-electron chi connectivity index (χ1n) is 9.85. The monoisotopic (exact) mass is 403 g/mol. The van der Waals surface area contributed by atoms with Crippen LogP contribution < -0.4 is 10.1 Å². The van der Waals surface area contributed by atoms with Gasteiger partial charge >= 0.3 is 5.97 Å². The van der Waals surface area contributed by atoms with Crippen LogP contribution in [0.2, 0.25) is 0 Å². The highest BCUT2D eigenvalue weighted by atomic mass is 16.5. The van der Waals surface area contributed by atoms with E-state index in [1.807, 2.05) is 48.5 Å². The van der Waals surface area contributed by atoms with Crippen molar-refractivity contribution < 1.29 is 19.1 Å². The Labute approximate surface area is 176 Å². The average molecular weight is 403 g/mol. The molecule has 1 amide bonds. The summed E-state index contributed by atoms with van der Waals surface area (Å²) in [6.07, 6.45) is 1.16. The van der Waals surface area contributed by atoms with E-state index in [0.717, 1.165) is 17.7 Å². The van der Waals surface area contributed by atoms with Gasteiger partial charge in [-0.2, -0.15) is 0 Å². The Balaban J connectivity index is 1.56. The van der Waals surface area contributed by atoms with Gasteiger partial charge < -0.3 is 14.8 Å². The fourth-order valence-corrected chi connectivity index (χ4v) is 3.06. The Hall–Kier alpha value is -3.60. The number of hydrogen-bond donors (Lipinski definition) is 1. The average Bonchev–Trinajstić information content (AvgIpc) is 2.80. The van der Waals surface area contributed by atoms with Gasteiger partial charge in [0, 0.05) is 18.4 Å². The molecule has 0 saturated carbocycles. The van der Waals surface area contributed by atoms with E-state index in [0.29, 0.717) is 18.6 Å². The van der Waals surface area contributed by atoms with Gasteiger partial charge in [0.2, 0.25) is 0 Å². The Morgan fingerprint density at radius 2 is 1.47 bits per heavy atom. The molecule has 0 saturated heterocycles. The van der Waals surface area contributed by atoms with E-state index < -0.39 is 12.0 Å². The summed E-state index contributed by atoms with van der Waals surface area (Å²) < 4.78 is 10.7. The lowest BCUT2D eigenvalue weighted by molar-refractivity contribution is -0.142. The molecule has 3 aromatic rings. The highest BCUT2D eigenvalue weighted by Gasteiger charge is 2.22. The molecule has 0 heterocycles. The van der Waals surface area contributed by atoms with Crippen LogP contribution in [0.3, 0.4) is 0 Å². The smallest absolute Gasteiger partial charge is 0.328 e. The van der Waals surface area contributed by atoms with Crippen LogP contribution in [-0.2, 0) is 22.4 Å². The molecule has 0 aliphatic rings. The van der Waals surface area contributed by atoms with Gasteiger partial charge in [0.25, 0.3) is 5.91 Å². The van der Waals surface area contributed by atoms with E-state index >= 15 is 0 Å². The highest BCUT2D eigenvalue weighted by molar-refractivity contribution is 5.96. The van der Waals surface area contributed by atoms with Crippen molar-refractivity contribution in [3.63, 3.8) is 0 Å². The second-order valence-electron chi connectivity index (χ2n) is 6.85. The first-order valence-corrected chi connectivity index (χ1v) is 9.85. The van der Waals surface area contributed by atoms with Crippen LogP contribution in [0.1, 0.15) is 21.5 Å². The summed E-state index contributed by atoms with van der Waals surface area (Å²) in [5, 5.41) is 2.75. The van der Waals surface area contributed by atoms with Crippen molar-refractivity contribution in [3.05, 3.63) is 102 Å². The summed E-state index contributed by atoms with van der Waals surface area (Å²) in [4.78, 5) is 24.6. The van der Waals surface area contributed by atoms with Gasteiger partial charge in [0.05, 0.1) is 13.7 Å². The maximum atomic E-state index is 12.4. The van der Waals surface area contributed by atoms with Crippen LogP contribution in [0.5, 0.6) is 5.75 Å². The Bertz CT molecular complexity index is 940. The molecule has 154 valence electrons. The number of nitrogens with one attached hydrogen (secondary N) is 1. The third-order valence-corrected chi connectivity index (χ3v) is 4.69. The van der Waals surface area contributed by atoms with Gasteiger partial charge in [-0.15, -0.1) is 0 Å². The molecule has 0 radical (unpaired) electrons. The number of rotatable bonds is 9. The molecule has 30 heavy (non-hydrogen) atoms. The molecule has 0 unspecified atom stereocenters. The van der Waals surface area contributed by atoms with Crippen LogP contribution in [0, 0.1) is 0 Å². The van der Waals surface area contributed by atoms with Gasteiger partial charge in [0.1, 0.15) is 11.8 Å². The Morgan fingerprint density at radius 3 is 2.10 bits per heavy atom. The second kappa shape index (κ2) is 10.8. The lowest BCUT2D eigenvalue weighted by Gasteiger charge is -2.17. The van der Waals surface area contributed by atoms with Crippen molar-refractivity contribution in [3.8, 4) is 5.75 Å². The van der Waals surface area contributed by atoms with E-state index in [4.69, 9.17) is 9.47 Å². The normalized spacial score (nSPS) is 11.4. The molecule has 0 spiro atoms. The number of methoxy groups -OCH3 is 1. The largest absolute Gasteiger partial charge is 0.493 e. The summed E-state index contributed by atoms with van der Waals surface area (Å²) in [6.45, 7) is 0.585. The molecule has 0 fully saturated rings. The van der Waals surface area contributed by atoms with E-state index in [1.54, 1.807) is 24.3 Å². The summed E-state index contributed by atoms with van der Waals surface area (Å²) in [7, 11) is 1.31. The lowest BCUT2D eigenvalue weighted by atomic mass is 10.0. The molecule has 5 nitrogen and oxygen atoms in total. The Morgan fingerprint density at radius 1 is 0.833 bits per heavy atom. The van der Waals surface area contributed by atoms with Crippen molar-refractivity contribution in [1.29, 1.82) is 0 Å². The topological polar surface area (TPSA) is 64.6 Å². The fraction of sp³-hybridized carbons (Fsp3) is 0.200. The first kappa shape index (κ1) is 21.1. The Kier molecular flexibility index (Phi) is 7.61. The van der Waals surface area contributed by atoms with E-state index in [1.165, 1.54) is 12.7 Å². The minimum Gasteiger partial charge on any atom is -0.493 e. The minimum atomic E-state index is -0.771. The van der Waals surface area contributed by atoms with E-state index in [2.05, 4.69) is 17.4 Å². The molecule has 1 atom stereocenters. The standard InChI is InChI=1S/C25H25NO4/c1-29-25(28)23(26-24(27)21-10-6-3-7-11-21)18-20-12-14-22(15-13-20)30-17-16-19-8-4-2-5-9-19/h2-15,23H,16-18H2,1H3,(H,26,27)/t23-/m0/s1. The maximum Gasteiger partial charge on any atom is 0.328 e. The molecule has 3 rings (SSSR count). The number of hydrogen-bond acceptors (Lipinski definition) is 4. The van der Waals surface area contributed by atoms with Crippen LogP contribution >= 0.6 is 0 Å². The number of benzene rings is 3. The molecule has 0 bridgehead atoms. The number of carbonyl (C=O) groups excluding carboxylic acids is 2. The molecule has 0 aromatic heterocycles. The van der Waals surface area contributed by atoms with Gasteiger partial charge in [-0.05, 0) is 35.4 Å². The SMILES string of the molecule is COC(=O)[C@H](Cc1ccc(OCCc2ccccc2)cc1)NC(=O)c1ccccc1. The zero-order chi connectivity index (χ0) is 21.2. The maximum absolute atomic E-state index is 12.4. The van der Waals surface area contributed by atoms with Crippen LogP contribution in [0.15, 0.2) is 84.9 Å². The third-order valence-electron chi connectivity index (χ3n) is 4.69. The summed E-state index contributed by atoms with van der Waals surface area (Å²) in [5.74, 6) is -0.0352. The van der Waals surface area contributed by atoms with Crippen molar-refractivity contribution >= 4 is 11.9 Å². The van der Waals surface area contributed by atoms with E-state index in [9.17, 15) is 9.59 Å². The van der Waals surface area contributed by atoms with Crippen molar-refractivity contribution in [2.75, 3.05) is 13.7 Å². The van der Waals surface area contributed by atoms with Gasteiger partial charge in [-0.1, -0.05) is 60.7 Å². The number of amides is 1. The second-order valence-corrected chi connectivity index (χ2v) is 6.85. The summed E-state index contributed by atoms with van der Waals surface area (Å²) in [6, 6.07) is 25.7. The molecule has 3 aromatic carbocycles. The molecule has 5 heteroatoms. The molecule has 1 N–H and O–H groups in total. The first-order chi connectivity index (χ1) is 14.7. The zero-order valence-corrected chi connectivity index (χ0v) is 16.9. The third kappa shape index (κ3) is 6.21. The molecule has 0 aliphatic carbocycles. The van der Waals surface area contributed by atoms with E-state index in [-0.39, 0.29) is 5.91 Å². The van der Waals surface area contributed by atoms with Crippen molar-refractivity contribution in [2.45, 2.75) is 18.9 Å². The summed E-state index contributed by atoms with van der Waals surface area (Å²) >= 11 is 0. The molecule has 0 aliphatic heterocycles. The highest BCUT2D eigenvalue weighted by Crippen LogP contribution is 2.15. The summed E-state index contributed by atoms with van der Waals surface area (Å²) in [5.41, 5.74) is 2.62. The fourth-order valence-electron chi connectivity index (χ4n) is 3.06. The van der Waals surface area contributed by atoms with Crippen molar-refractivity contribution in [1.82, 2.24) is 5.32 Å². The minimum absolute atomic E-state index is 0.313. The number of ether oxygens (including phenoxy) is 2. The molecular formula is C25H25NO4. The van der Waals surface area contributed by atoms with Gasteiger partial charge in [0.15, 0.2) is 0 Å². The van der Waals surface area contributed by atoms with Gasteiger partial charge in [-0.25, -0.2) is 4.79 Å². The van der Waals surface area contributed by atoms with Gasteiger partial charge in [-0.3, -0.25) is 4.79 Å². The predicted molar refractivity (Wildman–Crippen MR) is 115 cm³/mol. The lowest BCUT2D eigenvalue weighted by Crippen LogP contribution is -2.43. The van der Waals surface area contributed by atoms with Crippen molar-refractivity contribution in [2.24, 2.45) is 0 Å². The number of esters is 1.